The third-order valence-electron chi connectivity index (χ3n) is 6.18. The molecule has 2 aromatic heterocycles. The van der Waals surface area contributed by atoms with Crippen LogP contribution in [0.5, 0.6) is 5.75 Å². The highest BCUT2D eigenvalue weighted by Gasteiger charge is 2.27. The Bertz CT molecular complexity index is 1030. The fourth-order valence-electron chi connectivity index (χ4n) is 4.79. The summed E-state index contributed by atoms with van der Waals surface area (Å²) in [4.78, 5) is 2.59. The average Bonchev–Trinajstić information content (AvgIpc) is 3.16. The molecule has 0 spiro atoms. The first kappa shape index (κ1) is 22.0. The first-order valence-corrected chi connectivity index (χ1v) is 12.4. The Morgan fingerprint density at radius 1 is 1.19 bits per heavy atom. The summed E-state index contributed by atoms with van der Waals surface area (Å²) in [5.74, 6) is 0.894. The normalized spacial score (nSPS) is 14.9. The molecule has 0 N–H and O–H groups in total. The van der Waals surface area contributed by atoms with E-state index in [0.717, 1.165) is 55.5 Å². The minimum atomic E-state index is 0.501. The lowest BCUT2D eigenvalue weighted by Crippen LogP contribution is -2.40. The van der Waals surface area contributed by atoms with Gasteiger partial charge in [0.2, 0.25) is 0 Å². The zero-order valence-corrected chi connectivity index (χ0v) is 20.1. The van der Waals surface area contributed by atoms with Crippen LogP contribution in [0.1, 0.15) is 37.3 Å². The lowest BCUT2D eigenvalue weighted by molar-refractivity contribution is 0.0844. The molecule has 0 amide bonds. The molecule has 1 fully saturated rings. The minimum Gasteiger partial charge on any atom is -0.497 e. The summed E-state index contributed by atoms with van der Waals surface area (Å²) in [5, 5.41) is 6.20. The standard InChI is InChI=1S/C25H33N3O2S/c1-6-12-27(19-10-13-30-14-11-19)24-22-9-7-8-21(28(22)26-25(24)31-5)23-17(2)15-20(29-4)16-18(23)3/h7-9,15-16,19H,6,10-14H2,1-5H3. The van der Waals surface area contributed by atoms with Crippen molar-refractivity contribution < 1.29 is 9.47 Å². The number of aryl methyl sites for hydroxylation is 2. The molecule has 1 aliphatic rings. The van der Waals surface area contributed by atoms with Gasteiger partial charge in [-0.15, -0.1) is 11.8 Å². The number of pyridine rings is 1. The van der Waals surface area contributed by atoms with Gasteiger partial charge in [-0.05, 0) is 74.8 Å². The molecule has 1 aromatic carbocycles. The fraction of sp³-hybridized carbons (Fsp3) is 0.480. The van der Waals surface area contributed by atoms with E-state index in [1.165, 1.54) is 27.9 Å². The van der Waals surface area contributed by atoms with Crippen molar-refractivity contribution in [1.29, 1.82) is 0 Å². The van der Waals surface area contributed by atoms with Gasteiger partial charge in [0.1, 0.15) is 10.8 Å². The minimum absolute atomic E-state index is 0.501. The number of ether oxygens (including phenoxy) is 2. The summed E-state index contributed by atoms with van der Waals surface area (Å²) in [6, 6.07) is 11.3. The number of methoxy groups -OCH3 is 1. The molecular formula is C25H33N3O2S. The SMILES string of the molecule is CCCN(c1c(SC)nn2c(-c3c(C)cc(OC)cc3C)cccc12)C1CCOCC1. The van der Waals surface area contributed by atoms with Gasteiger partial charge in [-0.25, -0.2) is 4.52 Å². The van der Waals surface area contributed by atoms with E-state index in [4.69, 9.17) is 14.6 Å². The summed E-state index contributed by atoms with van der Waals surface area (Å²) in [7, 11) is 1.72. The first-order chi connectivity index (χ1) is 15.1. The molecule has 1 saturated heterocycles. The van der Waals surface area contributed by atoms with Gasteiger partial charge in [0.05, 0.1) is 24.0 Å². The summed E-state index contributed by atoms with van der Waals surface area (Å²) in [6.07, 6.45) is 5.38. The van der Waals surface area contributed by atoms with E-state index in [9.17, 15) is 0 Å². The van der Waals surface area contributed by atoms with Crippen molar-refractivity contribution in [1.82, 2.24) is 9.61 Å². The molecule has 5 nitrogen and oxygen atoms in total. The van der Waals surface area contributed by atoms with Crippen molar-refractivity contribution in [2.45, 2.75) is 51.1 Å². The number of hydrogen-bond acceptors (Lipinski definition) is 5. The highest BCUT2D eigenvalue weighted by Crippen LogP contribution is 2.39. The fourth-order valence-corrected chi connectivity index (χ4v) is 5.37. The quantitative estimate of drug-likeness (QED) is 0.439. The van der Waals surface area contributed by atoms with Crippen LogP contribution in [0.4, 0.5) is 5.69 Å². The maximum atomic E-state index is 5.65. The van der Waals surface area contributed by atoms with Crippen molar-refractivity contribution in [2.75, 3.05) is 38.0 Å². The van der Waals surface area contributed by atoms with Crippen LogP contribution < -0.4 is 9.64 Å². The van der Waals surface area contributed by atoms with Gasteiger partial charge in [0.25, 0.3) is 0 Å². The molecular weight excluding hydrogens is 406 g/mol. The Balaban J connectivity index is 1.90. The molecule has 166 valence electrons. The van der Waals surface area contributed by atoms with Crippen molar-refractivity contribution in [3.05, 3.63) is 41.5 Å². The zero-order chi connectivity index (χ0) is 22.0. The second-order valence-corrected chi connectivity index (χ2v) is 9.03. The van der Waals surface area contributed by atoms with Crippen LogP contribution in [-0.4, -0.2) is 48.8 Å². The molecule has 4 rings (SSSR count). The van der Waals surface area contributed by atoms with Crippen LogP contribution in [0.25, 0.3) is 16.8 Å². The Morgan fingerprint density at radius 2 is 1.90 bits per heavy atom. The zero-order valence-electron chi connectivity index (χ0n) is 19.3. The molecule has 0 radical (unpaired) electrons. The molecule has 3 heterocycles. The second-order valence-electron chi connectivity index (χ2n) is 8.24. The van der Waals surface area contributed by atoms with E-state index in [0.29, 0.717) is 6.04 Å². The lowest BCUT2D eigenvalue weighted by atomic mass is 9.98. The van der Waals surface area contributed by atoms with Crippen LogP contribution in [-0.2, 0) is 4.74 Å². The van der Waals surface area contributed by atoms with Gasteiger partial charge in [0.15, 0.2) is 0 Å². The van der Waals surface area contributed by atoms with E-state index < -0.39 is 0 Å². The van der Waals surface area contributed by atoms with E-state index in [1.54, 1.807) is 18.9 Å². The number of nitrogens with zero attached hydrogens (tertiary/aromatic N) is 3. The van der Waals surface area contributed by atoms with Gasteiger partial charge in [-0.2, -0.15) is 5.10 Å². The van der Waals surface area contributed by atoms with Gasteiger partial charge in [-0.3, -0.25) is 0 Å². The Hall–Kier alpha value is -2.18. The monoisotopic (exact) mass is 439 g/mol. The third kappa shape index (κ3) is 4.15. The predicted molar refractivity (Wildman–Crippen MR) is 130 cm³/mol. The topological polar surface area (TPSA) is 39.0 Å². The van der Waals surface area contributed by atoms with Crippen LogP contribution in [0.2, 0.25) is 0 Å². The summed E-state index contributed by atoms with van der Waals surface area (Å²) in [5.41, 5.74) is 7.19. The molecule has 3 aromatic rings. The largest absolute Gasteiger partial charge is 0.497 e. The van der Waals surface area contributed by atoms with Gasteiger partial charge in [-0.1, -0.05) is 13.0 Å². The second kappa shape index (κ2) is 9.53. The maximum absolute atomic E-state index is 5.65. The summed E-state index contributed by atoms with van der Waals surface area (Å²) >= 11 is 1.73. The third-order valence-corrected chi connectivity index (χ3v) is 6.84. The highest BCUT2D eigenvalue weighted by molar-refractivity contribution is 7.98. The number of benzene rings is 1. The molecule has 31 heavy (non-hydrogen) atoms. The number of rotatable bonds is 7. The van der Waals surface area contributed by atoms with Crippen molar-refractivity contribution in [3.63, 3.8) is 0 Å². The number of thioether (sulfide) groups is 1. The molecule has 6 heteroatoms. The number of anilines is 1. The van der Waals surface area contributed by atoms with E-state index in [2.05, 4.69) is 66.8 Å². The molecule has 0 unspecified atom stereocenters. The lowest BCUT2D eigenvalue weighted by Gasteiger charge is -2.35. The molecule has 0 atom stereocenters. The number of aromatic nitrogens is 2. The Labute approximate surface area is 189 Å². The van der Waals surface area contributed by atoms with Crippen molar-refractivity contribution >= 4 is 23.0 Å². The van der Waals surface area contributed by atoms with E-state index in [1.807, 2.05) is 0 Å². The number of hydrogen-bond donors (Lipinski definition) is 0. The highest BCUT2D eigenvalue weighted by atomic mass is 32.2. The summed E-state index contributed by atoms with van der Waals surface area (Å²) in [6.45, 7) is 9.27. The number of fused-ring (bicyclic) bond motifs is 1. The Kier molecular flexibility index (Phi) is 6.77. The van der Waals surface area contributed by atoms with Gasteiger partial charge < -0.3 is 14.4 Å². The van der Waals surface area contributed by atoms with Crippen molar-refractivity contribution in [2.24, 2.45) is 0 Å². The van der Waals surface area contributed by atoms with E-state index >= 15 is 0 Å². The average molecular weight is 440 g/mol. The molecule has 0 bridgehead atoms. The van der Waals surface area contributed by atoms with Crippen LogP contribution in [0.3, 0.4) is 0 Å². The molecule has 0 saturated carbocycles. The van der Waals surface area contributed by atoms with E-state index in [-0.39, 0.29) is 0 Å². The smallest absolute Gasteiger partial charge is 0.142 e. The molecule has 0 aliphatic carbocycles. The summed E-state index contributed by atoms with van der Waals surface area (Å²) < 4.78 is 13.3. The van der Waals surface area contributed by atoms with Gasteiger partial charge in [0, 0.05) is 31.4 Å². The van der Waals surface area contributed by atoms with Crippen molar-refractivity contribution in [3.8, 4) is 17.0 Å². The van der Waals surface area contributed by atoms with Crippen LogP contribution >= 0.6 is 11.8 Å². The van der Waals surface area contributed by atoms with Crippen LogP contribution in [0.15, 0.2) is 35.4 Å². The van der Waals surface area contributed by atoms with Crippen LogP contribution in [0, 0.1) is 13.8 Å². The Morgan fingerprint density at radius 3 is 2.52 bits per heavy atom. The first-order valence-electron chi connectivity index (χ1n) is 11.1. The van der Waals surface area contributed by atoms with Gasteiger partial charge >= 0.3 is 0 Å². The maximum Gasteiger partial charge on any atom is 0.142 e. The predicted octanol–water partition coefficient (Wildman–Crippen LogP) is 5.74. The molecule has 1 aliphatic heterocycles.